The molecule has 1 atom stereocenters. The van der Waals surface area contributed by atoms with E-state index in [9.17, 15) is 8.78 Å². The number of fused-ring (bicyclic) bond motifs is 1. The number of anilines is 1. The molecule has 1 N–H and O–H groups in total. The monoisotopic (exact) mass is 351 g/mol. The van der Waals surface area contributed by atoms with Gasteiger partial charge in [-0.2, -0.15) is 0 Å². The van der Waals surface area contributed by atoms with Gasteiger partial charge in [0, 0.05) is 16.6 Å². The summed E-state index contributed by atoms with van der Waals surface area (Å²) in [5.41, 5.74) is 3.19. The molecule has 21 heavy (non-hydrogen) atoms. The number of hydrogen-bond donors (Lipinski definition) is 1. The maximum absolute atomic E-state index is 13.9. The van der Waals surface area contributed by atoms with Crippen molar-refractivity contribution in [2.45, 2.75) is 32.2 Å². The second-order valence-electron chi connectivity index (χ2n) is 5.58. The molecule has 0 saturated carbocycles. The second-order valence-corrected chi connectivity index (χ2v) is 6.49. The zero-order chi connectivity index (χ0) is 15.0. The van der Waals surface area contributed by atoms with Gasteiger partial charge in [-0.15, -0.1) is 0 Å². The highest BCUT2D eigenvalue weighted by Gasteiger charge is 2.20. The molecule has 4 heteroatoms. The summed E-state index contributed by atoms with van der Waals surface area (Å²) >= 11 is 3.48. The first-order valence-electron chi connectivity index (χ1n) is 7.02. The Hall–Kier alpha value is -1.42. The van der Waals surface area contributed by atoms with Crippen LogP contribution in [-0.4, -0.2) is 6.04 Å². The molecule has 1 unspecified atom stereocenters. The first-order chi connectivity index (χ1) is 10.0. The molecule has 1 aliphatic rings. The van der Waals surface area contributed by atoms with Crippen LogP contribution in [0.4, 0.5) is 14.5 Å². The van der Waals surface area contributed by atoms with Crippen molar-refractivity contribution in [3.8, 4) is 0 Å². The maximum atomic E-state index is 13.9. The molecule has 0 saturated heterocycles. The molecule has 0 spiro atoms. The molecule has 0 heterocycles. The van der Waals surface area contributed by atoms with Crippen molar-refractivity contribution in [2.24, 2.45) is 0 Å². The van der Waals surface area contributed by atoms with Gasteiger partial charge in [0.1, 0.15) is 11.6 Å². The standard InChI is InChI=1S/C17H16BrF2N/c1-10-6-16(20)17(9-15(10)19)21-14-5-3-11-7-13(18)4-2-12(11)8-14/h2,4,6-7,9,14,21H,3,5,8H2,1H3. The summed E-state index contributed by atoms with van der Waals surface area (Å²) in [5, 5.41) is 3.15. The van der Waals surface area contributed by atoms with Gasteiger partial charge in [0.15, 0.2) is 0 Å². The topological polar surface area (TPSA) is 12.0 Å². The summed E-state index contributed by atoms with van der Waals surface area (Å²) in [6.07, 6.45) is 2.69. The number of halogens is 3. The van der Waals surface area contributed by atoms with Gasteiger partial charge in [0.05, 0.1) is 5.69 Å². The Morgan fingerprint density at radius 3 is 2.71 bits per heavy atom. The van der Waals surface area contributed by atoms with Crippen LogP contribution in [0.25, 0.3) is 0 Å². The Bertz CT molecular complexity index is 685. The molecule has 2 aromatic carbocycles. The Morgan fingerprint density at radius 1 is 1.10 bits per heavy atom. The highest BCUT2D eigenvalue weighted by molar-refractivity contribution is 9.10. The molecule has 0 aliphatic heterocycles. The Balaban J connectivity index is 1.78. The molecular weight excluding hydrogens is 336 g/mol. The van der Waals surface area contributed by atoms with Gasteiger partial charge in [-0.05, 0) is 61.1 Å². The van der Waals surface area contributed by atoms with E-state index in [2.05, 4.69) is 33.4 Å². The van der Waals surface area contributed by atoms with Crippen molar-refractivity contribution >= 4 is 21.6 Å². The third kappa shape index (κ3) is 3.10. The van der Waals surface area contributed by atoms with Crippen LogP contribution < -0.4 is 5.32 Å². The van der Waals surface area contributed by atoms with Crippen LogP contribution in [0.5, 0.6) is 0 Å². The number of benzene rings is 2. The van der Waals surface area contributed by atoms with E-state index in [0.29, 0.717) is 5.56 Å². The summed E-state index contributed by atoms with van der Waals surface area (Å²) in [6, 6.07) is 8.88. The molecule has 110 valence electrons. The van der Waals surface area contributed by atoms with Crippen molar-refractivity contribution in [1.29, 1.82) is 0 Å². The van der Waals surface area contributed by atoms with Crippen LogP contribution >= 0.6 is 15.9 Å². The minimum Gasteiger partial charge on any atom is -0.380 e. The molecule has 2 aromatic rings. The SMILES string of the molecule is Cc1cc(F)c(NC2CCc3cc(Br)ccc3C2)cc1F. The minimum absolute atomic E-state index is 0.135. The van der Waals surface area contributed by atoms with E-state index in [1.807, 2.05) is 6.07 Å². The highest BCUT2D eigenvalue weighted by atomic mass is 79.9. The van der Waals surface area contributed by atoms with Crippen LogP contribution in [0.3, 0.4) is 0 Å². The van der Waals surface area contributed by atoms with Crippen molar-refractivity contribution in [3.63, 3.8) is 0 Å². The molecule has 1 aliphatic carbocycles. The van der Waals surface area contributed by atoms with Gasteiger partial charge in [-0.1, -0.05) is 22.0 Å². The fraction of sp³-hybridized carbons (Fsp3) is 0.294. The summed E-state index contributed by atoms with van der Waals surface area (Å²) < 4.78 is 28.6. The lowest BCUT2D eigenvalue weighted by molar-refractivity contribution is 0.577. The van der Waals surface area contributed by atoms with Gasteiger partial charge in [0.25, 0.3) is 0 Å². The van der Waals surface area contributed by atoms with E-state index in [4.69, 9.17) is 0 Å². The van der Waals surface area contributed by atoms with Crippen LogP contribution in [0, 0.1) is 18.6 Å². The summed E-state index contributed by atoms with van der Waals surface area (Å²) in [6.45, 7) is 1.57. The lowest BCUT2D eigenvalue weighted by atomic mass is 9.88. The quantitative estimate of drug-likeness (QED) is 0.802. The van der Waals surface area contributed by atoms with Crippen molar-refractivity contribution < 1.29 is 8.78 Å². The zero-order valence-corrected chi connectivity index (χ0v) is 13.3. The smallest absolute Gasteiger partial charge is 0.146 e. The van der Waals surface area contributed by atoms with Gasteiger partial charge in [0.2, 0.25) is 0 Å². The Kier molecular flexibility index (Phi) is 3.98. The first-order valence-corrected chi connectivity index (χ1v) is 7.81. The van der Waals surface area contributed by atoms with E-state index in [1.54, 1.807) is 6.92 Å². The van der Waals surface area contributed by atoms with Gasteiger partial charge in [-0.3, -0.25) is 0 Å². The maximum Gasteiger partial charge on any atom is 0.146 e. The number of hydrogen-bond acceptors (Lipinski definition) is 1. The lowest BCUT2D eigenvalue weighted by Gasteiger charge is -2.27. The van der Waals surface area contributed by atoms with E-state index in [0.717, 1.165) is 23.7 Å². The zero-order valence-electron chi connectivity index (χ0n) is 11.7. The Morgan fingerprint density at radius 2 is 1.90 bits per heavy atom. The van der Waals surface area contributed by atoms with Gasteiger partial charge in [-0.25, -0.2) is 8.78 Å². The fourth-order valence-corrected chi connectivity index (χ4v) is 3.23. The molecular formula is C17H16BrF2N. The van der Waals surface area contributed by atoms with Crippen molar-refractivity contribution in [3.05, 3.63) is 63.1 Å². The predicted molar refractivity (Wildman–Crippen MR) is 84.7 cm³/mol. The molecule has 0 bridgehead atoms. The van der Waals surface area contributed by atoms with E-state index in [1.165, 1.54) is 23.3 Å². The molecule has 0 aromatic heterocycles. The summed E-state index contributed by atoms with van der Waals surface area (Å²) in [7, 11) is 0. The second kappa shape index (κ2) is 5.76. The Labute approximate surface area is 131 Å². The van der Waals surface area contributed by atoms with Crippen molar-refractivity contribution in [1.82, 2.24) is 0 Å². The van der Waals surface area contributed by atoms with Gasteiger partial charge < -0.3 is 5.32 Å². The van der Waals surface area contributed by atoms with Crippen molar-refractivity contribution in [2.75, 3.05) is 5.32 Å². The number of rotatable bonds is 2. The average molecular weight is 352 g/mol. The largest absolute Gasteiger partial charge is 0.380 e. The van der Waals surface area contributed by atoms with Gasteiger partial charge >= 0.3 is 0 Å². The normalized spacial score (nSPS) is 17.4. The van der Waals surface area contributed by atoms with Crippen LogP contribution in [0.2, 0.25) is 0 Å². The number of nitrogens with one attached hydrogen (secondary N) is 1. The summed E-state index contributed by atoms with van der Waals surface area (Å²) in [5.74, 6) is -0.769. The van der Waals surface area contributed by atoms with E-state index < -0.39 is 5.82 Å². The highest BCUT2D eigenvalue weighted by Crippen LogP contribution is 2.28. The van der Waals surface area contributed by atoms with E-state index in [-0.39, 0.29) is 17.5 Å². The summed E-state index contributed by atoms with van der Waals surface area (Å²) in [4.78, 5) is 0. The third-order valence-corrected chi connectivity index (χ3v) is 4.50. The van der Waals surface area contributed by atoms with Crippen LogP contribution in [0.1, 0.15) is 23.1 Å². The molecule has 0 radical (unpaired) electrons. The lowest BCUT2D eigenvalue weighted by Crippen LogP contribution is -2.27. The fourth-order valence-electron chi connectivity index (χ4n) is 2.82. The minimum atomic E-state index is -0.393. The van der Waals surface area contributed by atoms with E-state index >= 15 is 0 Å². The van der Waals surface area contributed by atoms with Crippen LogP contribution in [-0.2, 0) is 12.8 Å². The van der Waals surface area contributed by atoms with Crippen LogP contribution in [0.15, 0.2) is 34.8 Å². The first kappa shape index (κ1) is 14.5. The molecule has 0 fully saturated rings. The third-order valence-electron chi connectivity index (χ3n) is 4.00. The molecule has 1 nitrogen and oxygen atoms in total. The average Bonchev–Trinajstić information content (AvgIpc) is 2.45. The number of aryl methyl sites for hydroxylation is 2. The predicted octanol–water partition coefficient (Wildman–Crippen LogP) is 5.01. The molecule has 3 rings (SSSR count). The molecule has 0 amide bonds.